The summed E-state index contributed by atoms with van der Waals surface area (Å²) in [4.78, 5) is 15.1. The van der Waals surface area contributed by atoms with E-state index in [1.165, 1.54) is 0 Å². The largest absolute Gasteiger partial charge is 0.374 e. The van der Waals surface area contributed by atoms with Gasteiger partial charge in [0.05, 0.1) is 23.1 Å². The summed E-state index contributed by atoms with van der Waals surface area (Å²) in [5, 5.41) is 0. The molecular weight excluding hydrogens is 364 g/mol. The highest BCUT2D eigenvalue weighted by Crippen LogP contribution is 2.29. The molecule has 0 spiro atoms. The summed E-state index contributed by atoms with van der Waals surface area (Å²) in [7, 11) is -3.44. The van der Waals surface area contributed by atoms with E-state index in [-0.39, 0.29) is 23.5 Å². The summed E-state index contributed by atoms with van der Waals surface area (Å²) in [6.07, 6.45) is 1.98. The molecule has 0 bridgehead atoms. The lowest BCUT2D eigenvalue weighted by molar-refractivity contribution is -0.154. The number of carbonyl (C=O) groups excluding carboxylic acids is 1. The normalized spacial score (nSPS) is 24.7. The van der Waals surface area contributed by atoms with E-state index >= 15 is 0 Å². The summed E-state index contributed by atoms with van der Waals surface area (Å²) in [5.41, 5.74) is -0.291. The molecule has 6 nitrogen and oxygen atoms in total. The van der Waals surface area contributed by atoms with E-state index in [1.807, 2.05) is 31.7 Å². The summed E-state index contributed by atoms with van der Waals surface area (Å²) in [5.74, 6) is 0.383. The Morgan fingerprint density at radius 2 is 1.81 bits per heavy atom. The topological polar surface area (TPSA) is 66.9 Å². The fourth-order valence-corrected chi connectivity index (χ4v) is 5.36. The highest BCUT2D eigenvalue weighted by atomic mass is 32.2. The van der Waals surface area contributed by atoms with Gasteiger partial charge < -0.3 is 9.64 Å². The quantitative estimate of drug-likeness (QED) is 0.787. The van der Waals surface area contributed by atoms with Crippen molar-refractivity contribution in [1.82, 2.24) is 9.21 Å². The Kier molecular flexibility index (Phi) is 5.93. The van der Waals surface area contributed by atoms with Crippen LogP contribution in [0, 0.1) is 5.92 Å². The van der Waals surface area contributed by atoms with Crippen LogP contribution in [0.4, 0.5) is 0 Å². The molecule has 3 rings (SSSR count). The van der Waals surface area contributed by atoms with Crippen molar-refractivity contribution in [2.24, 2.45) is 5.92 Å². The number of hydrogen-bond donors (Lipinski definition) is 0. The SMILES string of the molecule is CC1CN(C(=O)CC2CCN(S(=O)(=O)c3ccccc3)CC2)C(C)(C)CO1. The number of amides is 1. The minimum atomic E-state index is -3.44. The van der Waals surface area contributed by atoms with Crippen LogP contribution in [0.15, 0.2) is 35.2 Å². The van der Waals surface area contributed by atoms with Gasteiger partial charge in [-0.05, 0) is 51.7 Å². The van der Waals surface area contributed by atoms with Gasteiger partial charge in [-0.15, -0.1) is 0 Å². The van der Waals surface area contributed by atoms with Crippen molar-refractivity contribution >= 4 is 15.9 Å². The van der Waals surface area contributed by atoms with Gasteiger partial charge in [0.25, 0.3) is 0 Å². The summed E-state index contributed by atoms with van der Waals surface area (Å²) in [6.45, 7) is 8.16. The third kappa shape index (κ3) is 4.52. The number of benzene rings is 1. The van der Waals surface area contributed by atoms with Gasteiger partial charge in [-0.2, -0.15) is 4.31 Å². The third-order valence-electron chi connectivity index (χ3n) is 5.61. The molecule has 1 unspecified atom stereocenters. The highest BCUT2D eigenvalue weighted by molar-refractivity contribution is 7.89. The average Bonchev–Trinajstić information content (AvgIpc) is 2.65. The molecule has 0 saturated carbocycles. The Morgan fingerprint density at radius 1 is 1.19 bits per heavy atom. The van der Waals surface area contributed by atoms with Crippen molar-refractivity contribution in [1.29, 1.82) is 0 Å². The van der Waals surface area contributed by atoms with Crippen molar-refractivity contribution < 1.29 is 17.9 Å². The van der Waals surface area contributed by atoms with Crippen LogP contribution < -0.4 is 0 Å². The molecule has 2 aliphatic heterocycles. The maximum atomic E-state index is 12.9. The first-order valence-corrected chi connectivity index (χ1v) is 11.1. The Hall–Kier alpha value is -1.44. The van der Waals surface area contributed by atoms with Crippen LogP contribution in [0.2, 0.25) is 0 Å². The number of sulfonamides is 1. The predicted molar refractivity (Wildman–Crippen MR) is 104 cm³/mol. The van der Waals surface area contributed by atoms with Crippen molar-refractivity contribution in [2.45, 2.75) is 56.6 Å². The fourth-order valence-electron chi connectivity index (χ4n) is 3.87. The molecule has 150 valence electrons. The predicted octanol–water partition coefficient (Wildman–Crippen LogP) is 2.50. The standard InChI is InChI=1S/C20H30N2O4S/c1-16-14-22(20(2,3)15-26-16)19(23)13-17-9-11-21(12-10-17)27(24,25)18-7-5-4-6-8-18/h4-8,16-17H,9-15H2,1-3H3. The first-order chi connectivity index (χ1) is 12.7. The summed E-state index contributed by atoms with van der Waals surface area (Å²) >= 11 is 0. The van der Waals surface area contributed by atoms with Gasteiger partial charge in [0, 0.05) is 26.1 Å². The van der Waals surface area contributed by atoms with Gasteiger partial charge in [-0.25, -0.2) is 8.42 Å². The molecule has 2 aliphatic rings. The molecular formula is C20H30N2O4S. The number of carbonyl (C=O) groups is 1. The van der Waals surface area contributed by atoms with E-state index in [4.69, 9.17) is 4.74 Å². The lowest BCUT2D eigenvalue weighted by atomic mass is 9.92. The van der Waals surface area contributed by atoms with Crippen LogP contribution >= 0.6 is 0 Å². The summed E-state index contributed by atoms with van der Waals surface area (Å²) in [6, 6.07) is 8.55. The highest BCUT2D eigenvalue weighted by Gasteiger charge is 2.38. The van der Waals surface area contributed by atoms with Gasteiger partial charge in [-0.3, -0.25) is 4.79 Å². The maximum Gasteiger partial charge on any atom is 0.243 e. The van der Waals surface area contributed by atoms with Gasteiger partial charge in [-0.1, -0.05) is 18.2 Å². The van der Waals surface area contributed by atoms with Crippen molar-refractivity contribution in [3.05, 3.63) is 30.3 Å². The van der Waals surface area contributed by atoms with E-state index in [1.54, 1.807) is 28.6 Å². The number of hydrogen-bond acceptors (Lipinski definition) is 4. The molecule has 0 aliphatic carbocycles. The van der Waals surface area contributed by atoms with E-state index < -0.39 is 10.0 Å². The molecule has 7 heteroatoms. The van der Waals surface area contributed by atoms with E-state index in [0.29, 0.717) is 37.6 Å². The van der Waals surface area contributed by atoms with E-state index in [2.05, 4.69) is 0 Å². The first kappa shape index (κ1) is 20.3. The zero-order valence-corrected chi connectivity index (χ0v) is 17.2. The number of morpholine rings is 1. The smallest absolute Gasteiger partial charge is 0.243 e. The van der Waals surface area contributed by atoms with Crippen molar-refractivity contribution in [3.63, 3.8) is 0 Å². The van der Waals surface area contributed by atoms with E-state index in [9.17, 15) is 13.2 Å². The molecule has 27 heavy (non-hydrogen) atoms. The lowest BCUT2D eigenvalue weighted by Gasteiger charge is -2.45. The molecule has 1 atom stereocenters. The minimum absolute atomic E-state index is 0.0554. The third-order valence-corrected chi connectivity index (χ3v) is 7.52. The second kappa shape index (κ2) is 7.89. The molecule has 1 aromatic carbocycles. The zero-order valence-electron chi connectivity index (χ0n) is 16.4. The lowest BCUT2D eigenvalue weighted by Crippen LogP contribution is -2.58. The second-order valence-electron chi connectivity index (χ2n) is 8.30. The molecule has 0 aromatic heterocycles. The van der Waals surface area contributed by atoms with Gasteiger partial charge in [0.1, 0.15) is 0 Å². The number of piperidine rings is 1. The molecule has 2 heterocycles. The summed E-state index contributed by atoms with van der Waals surface area (Å²) < 4.78 is 32.7. The van der Waals surface area contributed by atoms with Crippen molar-refractivity contribution in [2.75, 3.05) is 26.2 Å². The number of rotatable bonds is 4. The molecule has 2 fully saturated rings. The number of ether oxygens (including phenoxy) is 1. The Morgan fingerprint density at radius 3 is 2.44 bits per heavy atom. The van der Waals surface area contributed by atoms with Gasteiger partial charge in [0.15, 0.2) is 0 Å². The Bertz CT molecular complexity index is 755. The fraction of sp³-hybridized carbons (Fsp3) is 0.650. The average molecular weight is 395 g/mol. The minimum Gasteiger partial charge on any atom is -0.374 e. The van der Waals surface area contributed by atoms with Crippen LogP contribution in [0.1, 0.15) is 40.0 Å². The molecule has 2 saturated heterocycles. The van der Waals surface area contributed by atoms with Gasteiger partial charge >= 0.3 is 0 Å². The molecule has 0 N–H and O–H groups in total. The first-order valence-electron chi connectivity index (χ1n) is 9.67. The zero-order chi connectivity index (χ0) is 19.7. The molecule has 0 radical (unpaired) electrons. The van der Waals surface area contributed by atoms with Crippen molar-refractivity contribution in [3.8, 4) is 0 Å². The monoisotopic (exact) mass is 394 g/mol. The van der Waals surface area contributed by atoms with Crippen LogP contribution in [0.3, 0.4) is 0 Å². The van der Waals surface area contributed by atoms with E-state index in [0.717, 1.165) is 12.8 Å². The Labute approximate surface area is 162 Å². The van der Waals surface area contributed by atoms with Crippen LogP contribution in [-0.2, 0) is 19.6 Å². The Balaban J connectivity index is 1.57. The van der Waals surface area contributed by atoms with Crippen LogP contribution in [0.5, 0.6) is 0 Å². The molecule has 1 amide bonds. The second-order valence-corrected chi connectivity index (χ2v) is 10.2. The maximum absolute atomic E-state index is 12.9. The van der Waals surface area contributed by atoms with Crippen LogP contribution in [0.25, 0.3) is 0 Å². The van der Waals surface area contributed by atoms with Crippen LogP contribution in [-0.4, -0.2) is 61.4 Å². The van der Waals surface area contributed by atoms with Gasteiger partial charge in [0.2, 0.25) is 15.9 Å². The number of nitrogens with zero attached hydrogens (tertiary/aromatic N) is 2. The molecule has 1 aromatic rings.